The Hall–Kier alpha value is -4.16. The molecule has 0 atom stereocenters. The molecule has 174 valence electrons. The fraction of sp³-hybridized carbons (Fsp3) is 0.172. The van der Waals surface area contributed by atoms with Gasteiger partial charge in [0.15, 0.2) is 0 Å². The second kappa shape index (κ2) is 9.60. The maximum Gasteiger partial charge on any atom is 0.132 e. The van der Waals surface area contributed by atoms with Crippen molar-refractivity contribution in [2.24, 2.45) is 0 Å². The number of benzene rings is 2. The Morgan fingerprint density at radius 3 is 2.46 bits per heavy atom. The first-order valence-electron chi connectivity index (χ1n) is 12.0. The van der Waals surface area contributed by atoms with Crippen LogP contribution >= 0.6 is 0 Å². The van der Waals surface area contributed by atoms with Crippen LogP contribution in [-0.4, -0.2) is 40.8 Å². The molecule has 1 saturated heterocycles. The fourth-order valence-electron chi connectivity index (χ4n) is 4.64. The van der Waals surface area contributed by atoms with E-state index < -0.39 is 0 Å². The predicted molar refractivity (Wildman–Crippen MR) is 141 cm³/mol. The van der Waals surface area contributed by atoms with Crippen molar-refractivity contribution in [3.8, 4) is 11.3 Å². The summed E-state index contributed by atoms with van der Waals surface area (Å²) < 4.78 is 7.81. The van der Waals surface area contributed by atoms with Gasteiger partial charge in [0.05, 0.1) is 24.4 Å². The summed E-state index contributed by atoms with van der Waals surface area (Å²) in [5, 5.41) is 4.59. The van der Waals surface area contributed by atoms with Crippen molar-refractivity contribution < 1.29 is 4.74 Å². The summed E-state index contributed by atoms with van der Waals surface area (Å²) in [6, 6.07) is 27.5. The number of rotatable bonds is 6. The average molecular weight is 462 g/mol. The lowest BCUT2D eigenvalue weighted by Crippen LogP contribution is -2.36. The van der Waals surface area contributed by atoms with Crippen LogP contribution in [0, 0.1) is 0 Å². The minimum atomic E-state index is 0.770. The highest BCUT2D eigenvalue weighted by molar-refractivity contribution is 5.88. The summed E-state index contributed by atoms with van der Waals surface area (Å²) in [5.74, 6) is 0.821. The first-order valence-corrected chi connectivity index (χ1v) is 12.0. The lowest BCUT2D eigenvalue weighted by Gasteiger charge is -2.28. The molecule has 1 aliphatic heterocycles. The largest absolute Gasteiger partial charge is 0.378 e. The van der Waals surface area contributed by atoms with E-state index in [1.54, 1.807) is 0 Å². The zero-order valence-electron chi connectivity index (χ0n) is 19.5. The lowest BCUT2D eigenvalue weighted by atomic mass is 10.2. The number of aromatic nitrogens is 3. The second-order valence-corrected chi connectivity index (χ2v) is 8.74. The van der Waals surface area contributed by atoms with Crippen LogP contribution < -0.4 is 10.2 Å². The van der Waals surface area contributed by atoms with Gasteiger partial charge in [0.25, 0.3) is 0 Å². The van der Waals surface area contributed by atoms with E-state index in [9.17, 15) is 0 Å². The zero-order chi connectivity index (χ0) is 23.5. The summed E-state index contributed by atoms with van der Waals surface area (Å²) in [7, 11) is 0. The van der Waals surface area contributed by atoms with Crippen molar-refractivity contribution in [2.75, 3.05) is 36.5 Å². The molecule has 0 radical (unpaired) electrons. The second-order valence-electron chi connectivity index (χ2n) is 8.74. The molecule has 0 bridgehead atoms. The number of ether oxygens (including phenoxy) is 1. The van der Waals surface area contributed by atoms with Crippen LogP contribution in [0.3, 0.4) is 0 Å². The highest BCUT2D eigenvalue weighted by Gasteiger charge is 2.14. The summed E-state index contributed by atoms with van der Waals surface area (Å²) >= 11 is 0. The molecule has 2 aromatic carbocycles. The van der Waals surface area contributed by atoms with Crippen LogP contribution in [0.5, 0.6) is 0 Å². The summed E-state index contributed by atoms with van der Waals surface area (Å²) in [5.41, 5.74) is 6.84. The third-order valence-electron chi connectivity index (χ3n) is 6.44. The minimum absolute atomic E-state index is 0.770. The molecular weight excluding hydrogens is 434 g/mol. The van der Waals surface area contributed by atoms with Crippen molar-refractivity contribution in [3.63, 3.8) is 0 Å². The molecule has 6 nitrogen and oxygen atoms in total. The smallest absolute Gasteiger partial charge is 0.132 e. The number of nitrogens with one attached hydrogen (secondary N) is 1. The molecule has 0 amide bonds. The molecule has 6 heteroatoms. The molecule has 6 rings (SSSR count). The average Bonchev–Trinajstić information content (AvgIpc) is 3.28. The molecule has 0 aliphatic carbocycles. The van der Waals surface area contributed by atoms with Gasteiger partial charge in [0, 0.05) is 66.6 Å². The number of pyridine rings is 2. The molecule has 1 N–H and O–H groups in total. The number of anilines is 3. The maximum absolute atomic E-state index is 5.47. The molecule has 0 unspecified atom stereocenters. The Kier molecular flexibility index (Phi) is 5.87. The van der Waals surface area contributed by atoms with Gasteiger partial charge < -0.3 is 19.5 Å². The van der Waals surface area contributed by atoms with Crippen molar-refractivity contribution in [2.45, 2.75) is 6.54 Å². The highest BCUT2D eigenvalue weighted by atomic mass is 16.5. The van der Waals surface area contributed by atoms with E-state index in [1.165, 1.54) is 11.3 Å². The third kappa shape index (κ3) is 4.61. The quantitative estimate of drug-likeness (QED) is 0.350. The van der Waals surface area contributed by atoms with Gasteiger partial charge in [-0.15, -0.1) is 0 Å². The SMILES string of the molecule is c1ccc(Cn2c(-c3cccnc3)cc3cnc(Nc4ccc(N5CCOCC5)cc4)cc32)cc1. The van der Waals surface area contributed by atoms with Gasteiger partial charge in [0.1, 0.15) is 5.82 Å². The fourth-order valence-corrected chi connectivity index (χ4v) is 4.64. The number of fused-ring (bicyclic) bond motifs is 1. The number of hydrogen-bond acceptors (Lipinski definition) is 5. The molecule has 1 aliphatic rings. The number of morpholine rings is 1. The van der Waals surface area contributed by atoms with E-state index in [0.717, 1.165) is 66.5 Å². The van der Waals surface area contributed by atoms with Gasteiger partial charge in [-0.1, -0.05) is 30.3 Å². The molecule has 1 fully saturated rings. The normalized spacial score (nSPS) is 13.8. The summed E-state index contributed by atoms with van der Waals surface area (Å²) in [6.07, 6.45) is 5.67. The molecule has 0 saturated carbocycles. The van der Waals surface area contributed by atoms with Crippen LogP contribution in [0.1, 0.15) is 5.56 Å². The number of nitrogens with zero attached hydrogens (tertiary/aromatic N) is 4. The van der Waals surface area contributed by atoms with Crippen LogP contribution in [-0.2, 0) is 11.3 Å². The molecule has 35 heavy (non-hydrogen) atoms. The van der Waals surface area contributed by atoms with Crippen molar-refractivity contribution in [1.82, 2.24) is 14.5 Å². The van der Waals surface area contributed by atoms with E-state index in [4.69, 9.17) is 9.72 Å². The van der Waals surface area contributed by atoms with Crippen LogP contribution in [0.4, 0.5) is 17.2 Å². The first-order chi connectivity index (χ1) is 17.3. The van der Waals surface area contributed by atoms with E-state index in [-0.39, 0.29) is 0 Å². The monoisotopic (exact) mass is 461 g/mol. The van der Waals surface area contributed by atoms with Gasteiger partial charge in [0.2, 0.25) is 0 Å². The Balaban J connectivity index is 1.33. The predicted octanol–water partition coefficient (Wildman–Crippen LogP) is 5.73. The Bertz CT molecular complexity index is 1410. The molecule has 5 aromatic rings. The maximum atomic E-state index is 5.47. The summed E-state index contributed by atoms with van der Waals surface area (Å²) in [4.78, 5) is 11.4. The third-order valence-corrected chi connectivity index (χ3v) is 6.44. The molecule has 3 aromatic heterocycles. The number of hydrogen-bond donors (Lipinski definition) is 1. The zero-order valence-corrected chi connectivity index (χ0v) is 19.5. The van der Waals surface area contributed by atoms with Gasteiger partial charge >= 0.3 is 0 Å². The lowest BCUT2D eigenvalue weighted by molar-refractivity contribution is 0.122. The van der Waals surface area contributed by atoms with E-state index in [0.29, 0.717) is 0 Å². The van der Waals surface area contributed by atoms with E-state index in [1.807, 2.05) is 24.7 Å². The molecular formula is C29H27N5O. The van der Waals surface area contributed by atoms with Crippen LogP contribution in [0.15, 0.2) is 97.5 Å². The summed E-state index contributed by atoms with van der Waals surface area (Å²) in [6.45, 7) is 4.21. The van der Waals surface area contributed by atoms with Crippen molar-refractivity contribution >= 4 is 28.1 Å². The standard InChI is InChI=1S/C29H27N5O/c1-2-5-22(6-3-1)21-34-27(23-7-4-12-30-19-23)17-24-20-31-29(18-28(24)34)32-25-8-10-26(11-9-25)33-13-15-35-16-14-33/h1-12,17-20H,13-16,21H2,(H,31,32). The Morgan fingerprint density at radius 1 is 0.857 bits per heavy atom. The van der Waals surface area contributed by atoms with Crippen molar-refractivity contribution in [3.05, 3.63) is 103 Å². The minimum Gasteiger partial charge on any atom is -0.378 e. The Labute approximate surface area is 204 Å². The molecule has 0 spiro atoms. The van der Waals surface area contributed by atoms with Crippen LogP contribution in [0.2, 0.25) is 0 Å². The molecule has 4 heterocycles. The van der Waals surface area contributed by atoms with Gasteiger partial charge in [-0.25, -0.2) is 4.98 Å². The van der Waals surface area contributed by atoms with Crippen LogP contribution in [0.25, 0.3) is 22.2 Å². The van der Waals surface area contributed by atoms with E-state index in [2.05, 4.69) is 92.6 Å². The highest BCUT2D eigenvalue weighted by Crippen LogP contribution is 2.30. The van der Waals surface area contributed by atoms with Crippen molar-refractivity contribution in [1.29, 1.82) is 0 Å². The van der Waals surface area contributed by atoms with Gasteiger partial charge in [-0.2, -0.15) is 0 Å². The van der Waals surface area contributed by atoms with Gasteiger partial charge in [-0.05, 0) is 48.0 Å². The topological polar surface area (TPSA) is 55.2 Å². The van der Waals surface area contributed by atoms with Gasteiger partial charge in [-0.3, -0.25) is 4.98 Å². The first kappa shape index (κ1) is 21.4. The van der Waals surface area contributed by atoms with E-state index >= 15 is 0 Å². The Morgan fingerprint density at radius 2 is 1.69 bits per heavy atom.